The van der Waals surface area contributed by atoms with E-state index in [2.05, 4.69) is 26.9 Å². The zero-order chi connectivity index (χ0) is 22.9. The van der Waals surface area contributed by atoms with Crippen molar-refractivity contribution in [2.24, 2.45) is 0 Å². The number of ether oxygens (including phenoxy) is 2. The second-order valence-corrected chi connectivity index (χ2v) is 6.80. The van der Waals surface area contributed by atoms with E-state index in [0.717, 1.165) is 6.08 Å². The number of nitrogens with zero attached hydrogens (tertiary/aromatic N) is 1. The molecule has 3 aromatic rings. The van der Waals surface area contributed by atoms with E-state index in [0.29, 0.717) is 33.4 Å². The third-order valence-corrected chi connectivity index (χ3v) is 4.77. The maximum Gasteiger partial charge on any atom is 0.573 e. The van der Waals surface area contributed by atoms with Crippen molar-refractivity contribution in [1.29, 1.82) is 0 Å². The third-order valence-electron chi connectivity index (χ3n) is 4.77. The largest absolute Gasteiger partial charge is 0.573 e. The maximum atomic E-state index is 12.5. The number of aromatic nitrogens is 1. The monoisotopic (exact) mass is 447 g/mol. The second kappa shape index (κ2) is 8.25. The Balaban J connectivity index is 1.79. The fraction of sp³-hybridized carbons (Fsp3) is 0.190. The molecule has 2 amide bonds. The summed E-state index contributed by atoms with van der Waals surface area (Å²) in [6.45, 7) is 3.67. The fourth-order valence-corrected chi connectivity index (χ4v) is 3.45. The Morgan fingerprint density at radius 2 is 2.09 bits per heavy atom. The first-order valence-corrected chi connectivity index (χ1v) is 9.35. The molecule has 4 rings (SSSR count). The number of nitrogens with one attached hydrogen (secondary N) is 2. The number of halogens is 3. The smallest absolute Gasteiger partial charge is 0.443 e. The van der Waals surface area contributed by atoms with Crippen molar-refractivity contribution in [2.75, 3.05) is 6.54 Å². The molecule has 0 saturated carbocycles. The van der Waals surface area contributed by atoms with Gasteiger partial charge in [-0.2, -0.15) is 0 Å². The van der Waals surface area contributed by atoms with E-state index in [1.807, 2.05) is 0 Å². The highest BCUT2D eigenvalue weighted by Crippen LogP contribution is 2.38. The number of carbonyl (C=O) groups is 2. The van der Waals surface area contributed by atoms with Gasteiger partial charge in [-0.25, -0.2) is 9.78 Å². The van der Waals surface area contributed by atoms with Gasteiger partial charge in [-0.05, 0) is 35.4 Å². The molecule has 11 heteroatoms. The van der Waals surface area contributed by atoms with Crippen LogP contribution in [0.3, 0.4) is 0 Å². The molecule has 2 aromatic carbocycles. The molecule has 8 nitrogen and oxygen atoms in total. The number of cyclic esters (lactones) is 1. The molecule has 0 radical (unpaired) electrons. The summed E-state index contributed by atoms with van der Waals surface area (Å²) >= 11 is 0. The topological polar surface area (TPSA) is 103 Å². The van der Waals surface area contributed by atoms with Gasteiger partial charge in [-0.3, -0.25) is 4.79 Å². The van der Waals surface area contributed by atoms with Crippen LogP contribution in [-0.2, 0) is 16.1 Å². The normalized spacial score (nSPS) is 15.8. The van der Waals surface area contributed by atoms with Gasteiger partial charge in [0.1, 0.15) is 11.3 Å². The van der Waals surface area contributed by atoms with Crippen LogP contribution >= 0.6 is 0 Å². The van der Waals surface area contributed by atoms with Crippen molar-refractivity contribution < 1.29 is 36.7 Å². The zero-order valence-corrected chi connectivity index (χ0v) is 16.4. The lowest BCUT2D eigenvalue weighted by Crippen LogP contribution is -2.22. The average molecular weight is 447 g/mol. The quantitative estimate of drug-likeness (QED) is 0.555. The van der Waals surface area contributed by atoms with Gasteiger partial charge in [0.05, 0.1) is 6.54 Å². The summed E-state index contributed by atoms with van der Waals surface area (Å²) in [6, 6.07) is 6.99. The molecule has 1 unspecified atom stereocenters. The van der Waals surface area contributed by atoms with Gasteiger partial charge in [0.15, 0.2) is 18.1 Å². The molecule has 1 saturated heterocycles. The minimum Gasteiger partial charge on any atom is -0.443 e. The Hall–Kier alpha value is -4.02. The molecule has 2 N–H and O–H groups in total. The van der Waals surface area contributed by atoms with E-state index < -0.39 is 24.5 Å². The maximum absolute atomic E-state index is 12.5. The van der Waals surface area contributed by atoms with Gasteiger partial charge in [0, 0.05) is 17.7 Å². The van der Waals surface area contributed by atoms with E-state index in [-0.39, 0.29) is 18.8 Å². The highest BCUT2D eigenvalue weighted by Gasteiger charge is 2.32. The lowest BCUT2D eigenvalue weighted by molar-refractivity contribution is -0.274. The summed E-state index contributed by atoms with van der Waals surface area (Å²) < 4.78 is 52.2. The molecule has 32 heavy (non-hydrogen) atoms. The Morgan fingerprint density at radius 1 is 1.34 bits per heavy atom. The summed E-state index contributed by atoms with van der Waals surface area (Å²) in [6.07, 6.45) is -3.73. The number of rotatable bonds is 6. The van der Waals surface area contributed by atoms with E-state index in [1.165, 1.54) is 30.7 Å². The van der Waals surface area contributed by atoms with Crippen molar-refractivity contribution in [2.45, 2.75) is 19.0 Å². The minimum atomic E-state index is -4.80. The summed E-state index contributed by atoms with van der Waals surface area (Å²) in [5.74, 6) is -0.776. The van der Waals surface area contributed by atoms with Crippen molar-refractivity contribution in [3.63, 3.8) is 0 Å². The number of oxazole rings is 1. The molecule has 166 valence electrons. The van der Waals surface area contributed by atoms with Crippen LogP contribution in [0.5, 0.6) is 5.75 Å². The Bertz CT molecular complexity index is 1190. The van der Waals surface area contributed by atoms with Gasteiger partial charge in [-0.15, -0.1) is 13.2 Å². The van der Waals surface area contributed by atoms with Crippen LogP contribution in [0.25, 0.3) is 22.2 Å². The lowest BCUT2D eigenvalue weighted by atomic mass is 9.94. The molecule has 0 aliphatic carbocycles. The van der Waals surface area contributed by atoms with Crippen LogP contribution in [0.4, 0.5) is 18.0 Å². The van der Waals surface area contributed by atoms with Gasteiger partial charge in [0.25, 0.3) is 0 Å². The minimum absolute atomic E-state index is 0.0626. The molecule has 0 bridgehead atoms. The first kappa shape index (κ1) is 21.2. The predicted molar refractivity (Wildman–Crippen MR) is 105 cm³/mol. The van der Waals surface area contributed by atoms with Crippen LogP contribution in [0.1, 0.15) is 17.2 Å². The molecule has 1 fully saturated rings. The highest BCUT2D eigenvalue weighted by molar-refractivity contribution is 5.94. The molecular formula is C21H16F3N3O5. The van der Waals surface area contributed by atoms with Gasteiger partial charge in [-0.1, -0.05) is 18.7 Å². The number of hydrogen-bond donors (Lipinski definition) is 2. The molecule has 1 aliphatic heterocycles. The number of hydrogen-bond acceptors (Lipinski definition) is 6. The van der Waals surface area contributed by atoms with Gasteiger partial charge in [0.2, 0.25) is 5.91 Å². The lowest BCUT2D eigenvalue weighted by Gasteiger charge is -2.17. The first-order valence-electron chi connectivity index (χ1n) is 9.35. The Morgan fingerprint density at radius 3 is 2.72 bits per heavy atom. The SMILES string of the molecule is C=CC(=O)NCc1cc(-c2ccc(OC(F)(F)F)cc2)c2ncoc2c1C1CNC(=O)O1. The van der Waals surface area contributed by atoms with E-state index >= 15 is 0 Å². The second-order valence-electron chi connectivity index (χ2n) is 6.80. The Kier molecular flexibility index (Phi) is 5.47. The summed E-state index contributed by atoms with van der Waals surface area (Å²) in [7, 11) is 0. The summed E-state index contributed by atoms with van der Waals surface area (Å²) in [5.41, 5.74) is 2.96. The number of benzene rings is 2. The van der Waals surface area contributed by atoms with Crippen LogP contribution in [0.15, 0.2) is 53.8 Å². The standard InChI is InChI=1S/C21H16F3N3O5/c1-2-16(28)25-8-12-7-14(11-3-5-13(6-4-11)32-21(22,23)24)18-19(30-10-27-18)17(12)15-9-26-20(29)31-15/h2-7,10,15H,1,8-9H2,(H,25,28)(H,26,29). The number of amides is 2. The molecular weight excluding hydrogens is 431 g/mol. The van der Waals surface area contributed by atoms with Crippen LogP contribution in [-0.4, -0.2) is 29.9 Å². The van der Waals surface area contributed by atoms with Gasteiger partial charge >= 0.3 is 12.5 Å². The molecule has 0 spiro atoms. The van der Waals surface area contributed by atoms with E-state index in [9.17, 15) is 22.8 Å². The molecule has 2 heterocycles. The number of carbonyl (C=O) groups excluding carboxylic acids is 2. The first-order chi connectivity index (χ1) is 15.2. The zero-order valence-electron chi connectivity index (χ0n) is 16.4. The van der Waals surface area contributed by atoms with E-state index in [1.54, 1.807) is 6.07 Å². The number of fused-ring (bicyclic) bond motifs is 1. The molecule has 1 atom stereocenters. The van der Waals surface area contributed by atoms with Crippen molar-refractivity contribution in [3.05, 3.63) is 60.5 Å². The summed E-state index contributed by atoms with van der Waals surface area (Å²) in [5, 5.41) is 5.24. The third kappa shape index (κ3) is 4.36. The Labute approximate surface area is 179 Å². The van der Waals surface area contributed by atoms with Crippen LogP contribution in [0.2, 0.25) is 0 Å². The average Bonchev–Trinajstić information content (AvgIpc) is 3.40. The highest BCUT2D eigenvalue weighted by atomic mass is 19.4. The van der Waals surface area contributed by atoms with Crippen molar-refractivity contribution >= 4 is 23.1 Å². The van der Waals surface area contributed by atoms with Crippen molar-refractivity contribution in [3.8, 4) is 16.9 Å². The van der Waals surface area contributed by atoms with Crippen LogP contribution in [0, 0.1) is 0 Å². The fourth-order valence-electron chi connectivity index (χ4n) is 3.45. The van der Waals surface area contributed by atoms with Crippen LogP contribution < -0.4 is 15.4 Å². The number of alkyl halides is 3. The van der Waals surface area contributed by atoms with Gasteiger partial charge < -0.3 is 24.5 Å². The molecule has 1 aliphatic rings. The predicted octanol–water partition coefficient (Wildman–Crippen LogP) is 3.98. The van der Waals surface area contributed by atoms with E-state index in [4.69, 9.17) is 9.15 Å². The van der Waals surface area contributed by atoms with Crippen molar-refractivity contribution in [1.82, 2.24) is 15.6 Å². The number of alkyl carbamates (subject to hydrolysis) is 1. The molecule has 1 aromatic heterocycles. The summed E-state index contributed by atoms with van der Waals surface area (Å²) in [4.78, 5) is 27.5.